The number of carbonyl (C=O) groups excluding carboxylic acids is 1. The third-order valence-electron chi connectivity index (χ3n) is 2.04. The zero-order chi connectivity index (χ0) is 11.6. The van der Waals surface area contributed by atoms with Gasteiger partial charge >= 0.3 is 5.97 Å². The largest absolute Gasteiger partial charge is 0.468 e. The third kappa shape index (κ3) is 2.54. The van der Waals surface area contributed by atoms with Crippen LogP contribution in [0.25, 0.3) is 0 Å². The second-order valence-corrected chi connectivity index (χ2v) is 4.04. The minimum absolute atomic E-state index is 0.133. The van der Waals surface area contributed by atoms with Crippen molar-refractivity contribution in [3.8, 4) is 0 Å². The predicted molar refractivity (Wildman–Crippen MR) is 57.8 cm³/mol. The standard InChI is InChI=1S/C10H11BrFNO2/c1-5-3-6(11)4-7(8(5)12)9(13)10(14)15-2/h3-4,9H,13H2,1-2H3/t9-/m0/s1. The normalized spacial score (nSPS) is 12.3. The fraction of sp³-hybridized carbons (Fsp3) is 0.300. The average molecular weight is 276 g/mol. The Morgan fingerprint density at radius 1 is 1.60 bits per heavy atom. The quantitative estimate of drug-likeness (QED) is 0.841. The Balaban J connectivity index is 3.19. The zero-order valence-electron chi connectivity index (χ0n) is 8.38. The van der Waals surface area contributed by atoms with Crippen molar-refractivity contribution < 1.29 is 13.9 Å². The first-order chi connectivity index (χ1) is 6.97. The third-order valence-corrected chi connectivity index (χ3v) is 2.50. The summed E-state index contributed by atoms with van der Waals surface area (Å²) in [4.78, 5) is 11.2. The van der Waals surface area contributed by atoms with E-state index in [2.05, 4.69) is 20.7 Å². The van der Waals surface area contributed by atoms with Crippen molar-refractivity contribution in [2.24, 2.45) is 5.73 Å². The summed E-state index contributed by atoms with van der Waals surface area (Å²) in [5.74, 6) is -1.14. The first-order valence-electron chi connectivity index (χ1n) is 4.26. The smallest absolute Gasteiger partial charge is 0.327 e. The Bertz CT molecular complexity index is 395. The molecule has 1 rings (SSSR count). The number of methoxy groups -OCH3 is 1. The van der Waals surface area contributed by atoms with Gasteiger partial charge in [0, 0.05) is 10.0 Å². The molecule has 0 aliphatic heterocycles. The number of nitrogens with two attached hydrogens (primary N) is 1. The van der Waals surface area contributed by atoms with Crippen LogP contribution in [0.15, 0.2) is 16.6 Å². The molecule has 82 valence electrons. The van der Waals surface area contributed by atoms with Crippen molar-refractivity contribution in [1.29, 1.82) is 0 Å². The maximum Gasteiger partial charge on any atom is 0.327 e. The highest BCUT2D eigenvalue weighted by Crippen LogP contribution is 2.24. The maximum atomic E-state index is 13.6. The molecule has 0 spiro atoms. The Labute approximate surface area is 95.5 Å². The minimum Gasteiger partial charge on any atom is -0.468 e. The molecule has 0 fully saturated rings. The number of hydrogen-bond donors (Lipinski definition) is 1. The summed E-state index contributed by atoms with van der Waals surface area (Å²) in [7, 11) is 1.21. The molecule has 3 nitrogen and oxygen atoms in total. The van der Waals surface area contributed by atoms with Gasteiger partial charge in [0.2, 0.25) is 0 Å². The molecule has 0 bridgehead atoms. The van der Waals surface area contributed by atoms with Crippen molar-refractivity contribution in [1.82, 2.24) is 0 Å². The van der Waals surface area contributed by atoms with Crippen LogP contribution in [0.5, 0.6) is 0 Å². The van der Waals surface area contributed by atoms with Gasteiger partial charge < -0.3 is 10.5 Å². The van der Waals surface area contributed by atoms with Crippen molar-refractivity contribution in [3.05, 3.63) is 33.5 Å². The highest BCUT2D eigenvalue weighted by atomic mass is 79.9. The fourth-order valence-electron chi connectivity index (χ4n) is 1.23. The number of halogens is 2. The van der Waals surface area contributed by atoms with Crippen LogP contribution in [0, 0.1) is 12.7 Å². The Kier molecular flexibility index (Phi) is 3.82. The summed E-state index contributed by atoms with van der Waals surface area (Å²) in [6.45, 7) is 1.60. The SMILES string of the molecule is COC(=O)[C@@H](N)c1cc(Br)cc(C)c1F. The molecule has 0 heterocycles. The van der Waals surface area contributed by atoms with Gasteiger partial charge in [-0.15, -0.1) is 0 Å². The monoisotopic (exact) mass is 275 g/mol. The van der Waals surface area contributed by atoms with Gasteiger partial charge in [-0.2, -0.15) is 0 Å². The highest BCUT2D eigenvalue weighted by Gasteiger charge is 2.21. The van der Waals surface area contributed by atoms with Crippen LogP contribution >= 0.6 is 15.9 Å². The molecule has 1 aromatic carbocycles. The van der Waals surface area contributed by atoms with E-state index in [0.29, 0.717) is 10.0 Å². The second-order valence-electron chi connectivity index (χ2n) is 3.13. The fourth-order valence-corrected chi connectivity index (χ4v) is 1.82. The lowest BCUT2D eigenvalue weighted by Crippen LogP contribution is -2.24. The molecule has 15 heavy (non-hydrogen) atoms. The summed E-state index contributed by atoms with van der Waals surface area (Å²) < 4.78 is 18.8. The molecule has 0 aromatic heterocycles. The first-order valence-corrected chi connectivity index (χ1v) is 5.05. The van der Waals surface area contributed by atoms with Crippen LogP contribution in [-0.4, -0.2) is 13.1 Å². The van der Waals surface area contributed by atoms with Gasteiger partial charge in [-0.25, -0.2) is 4.39 Å². The lowest BCUT2D eigenvalue weighted by molar-refractivity contribution is -0.142. The molecular formula is C10H11BrFNO2. The number of ether oxygens (including phenoxy) is 1. The van der Waals surface area contributed by atoms with Gasteiger partial charge in [0.1, 0.15) is 11.9 Å². The van der Waals surface area contributed by atoms with Crippen LogP contribution in [-0.2, 0) is 9.53 Å². The van der Waals surface area contributed by atoms with Gasteiger partial charge in [0.25, 0.3) is 0 Å². The number of hydrogen-bond acceptors (Lipinski definition) is 3. The van der Waals surface area contributed by atoms with Gasteiger partial charge in [-0.1, -0.05) is 15.9 Å². The molecule has 0 radical (unpaired) electrons. The van der Waals surface area contributed by atoms with Crippen molar-refractivity contribution in [2.45, 2.75) is 13.0 Å². The molecule has 2 N–H and O–H groups in total. The van der Waals surface area contributed by atoms with Gasteiger partial charge in [0.15, 0.2) is 0 Å². The molecule has 5 heteroatoms. The van der Waals surface area contributed by atoms with E-state index in [1.807, 2.05) is 0 Å². The molecule has 0 amide bonds. The Morgan fingerprint density at radius 2 is 2.20 bits per heavy atom. The number of aryl methyl sites for hydroxylation is 1. The molecule has 0 aliphatic carbocycles. The van der Waals surface area contributed by atoms with E-state index >= 15 is 0 Å². The van der Waals surface area contributed by atoms with Crippen LogP contribution in [0.2, 0.25) is 0 Å². The van der Waals surface area contributed by atoms with Crippen LogP contribution in [0.4, 0.5) is 4.39 Å². The molecule has 1 aromatic rings. The second kappa shape index (κ2) is 4.72. The highest BCUT2D eigenvalue weighted by molar-refractivity contribution is 9.10. The number of rotatable bonds is 2. The van der Waals surface area contributed by atoms with Crippen molar-refractivity contribution in [3.63, 3.8) is 0 Å². The van der Waals surface area contributed by atoms with Gasteiger partial charge in [0.05, 0.1) is 7.11 Å². The van der Waals surface area contributed by atoms with E-state index in [0.717, 1.165) is 0 Å². The minimum atomic E-state index is -1.09. The lowest BCUT2D eigenvalue weighted by Gasteiger charge is -2.12. The number of carbonyl (C=O) groups is 1. The van der Waals surface area contributed by atoms with E-state index in [-0.39, 0.29) is 5.56 Å². The molecule has 0 unspecified atom stereocenters. The van der Waals surface area contributed by atoms with E-state index < -0.39 is 17.8 Å². The first kappa shape index (κ1) is 12.1. The predicted octanol–water partition coefficient (Wildman–Crippen LogP) is 2.07. The molecule has 0 saturated carbocycles. The Hall–Kier alpha value is -0.940. The van der Waals surface area contributed by atoms with Crippen LogP contribution in [0.1, 0.15) is 17.2 Å². The summed E-state index contributed by atoms with van der Waals surface area (Å²) in [6.07, 6.45) is 0. The van der Waals surface area contributed by atoms with Crippen LogP contribution < -0.4 is 5.73 Å². The topological polar surface area (TPSA) is 52.3 Å². The zero-order valence-corrected chi connectivity index (χ0v) is 9.97. The Morgan fingerprint density at radius 3 is 2.73 bits per heavy atom. The van der Waals surface area contributed by atoms with Crippen molar-refractivity contribution >= 4 is 21.9 Å². The lowest BCUT2D eigenvalue weighted by atomic mass is 10.0. The van der Waals surface area contributed by atoms with E-state index in [9.17, 15) is 9.18 Å². The summed E-state index contributed by atoms with van der Waals surface area (Å²) in [6, 6.07) is 2.00. The molecule has 0 aliphatic rings. The maximum absolute atomic E-state index is 13.6. The van der Waals surface area contributed by atoms with Crippen LogP contribution in [0.3, 0.4) is 0 Å². The number of benzene rings is 1. The van der Waals surface area contributed by atoms with E-state index in [1.54, 1.807) is 13.0 Å². The summed E-state index contributed by atoms with van der Waals surface area (Å²) in [5, 5.41) is 0. The molecular weight excluding hydrogens is 265 g/mol. The van der Waals surface area contributed by atoms with E-state index in [1.165, 1.54) is 13.2 Å². The number of esters is 1. The van der Waals surface area contributed by atoms with E-state index in [4.69, 9.17) is 5.73 Å². The molecule has 0 saturated heterocycles. The van der Waals surface area contributed by atoms with Gasteiger partial charge in [-0.3, -0.25) is 4.79 Å². The average Bonchev–Trinajstić information content (AvgIpc) is 2.21. The van der Waals surface area contributed by atoms with Crippen molar-refractivity contribution in [2.75, 3.05) is 7.11 Å². The van der Waals surface area contributed by atoms with Gasteiger partial charge in [-0.05, 0) is 24.6 Å². The summed E-state index contributed by atoms with van der Waals surface area (Å²) in [5.41, 5.74) is 6.11. The summed E-state index contributed by atoms with van der Waals surface area (Å²) >= 11 is 3.21. The molecule has 1 atom stereocenters.